The molecule has 0 radical (unpaired) electrons. The molecule has 0 aliphatic carbocycles. The monoisotopic (exact) mass is 275 g/mol. The van der Waals surface area contributed by atoms with Gasteiger partial charge in [0.25, 0.3) is 0 Å². The molecule has 0 bridgehead atoms. The summed E-state index contributed by atoms with van der Waals surface area (Å²) in [6, 6.07) is 9.97. The molecule has 4 heteroatoms. The van der Waals surface area contributed by atoms with Crippen molar-refractivity contribution in [2.75, 3.05) is 6.54 Å². The van der Waals surface area contributed by atoms with E-state index in [9.17, 15) is 4.79 Å². The Bertz CT molecular complexity index is 557. The summed E-state index contributed by atoms with van der Waals surface area (Å²) in [5.41, 5.74) is 0.872. The summed E-state index contributed by atoms with van der Waals surface area (Å²) in [4.78, 5) is 13.0. The predicted octanol–water partition coefficient (Wildman–Crippen LogP) is 3.68. The standard InChI is InChI=1S/C16H21NO3/c1-4-17(11(2)9-16(18)19)12(3)15-10-13-7-5-6-8-14(13)20-15/h5-8,10-12H,4,9H2,1-3H3,(H,18,19). The summed E-state index contributed by atoms with van der Waals surface area (Å²) in [6.45, 7) is 6.82. The van der Waals surface area contributed by atoms with Crippen LogP contribution in [0.4, 0.5) is 0 Å². The van der Waals surface area contributed by atoms with Gasteiger partial charge in [0, 0.05) is 11.4 Å². The molecule has 20 heavy (non-hydrogen) atoms. The van der Waals surface area contributed by atoms with Gasteiger partial charge >= 0.3 is 5.97 Å². The molecule has 2 atom stereocenters. The minimum Gasteiger partial charge on any atom is -0.481 e. The molecule has 0 fully saturated rings. The van der Waals surface area contributed by atoms with Crippen LogP contribution < -0.4 is 0 Å². The van der Waals surface area contributed by atoms with Gasteiger partial charge in [0.1, 0.15) is 11.3 Å². The molecule has 0 amide bonds. The Morgan fingerprint density at radius 3 is 2.65 bits per heavy atom. The molecular formula is C16H21NO3. The average molecular weight is 275 g/mol. The van der Waals surface area contributed by atoms with Gasteiger partial charge in [-0.3, -0.25) is 9.69 Å². The van der Waals surface area contributed by atoms with Crippen LogP contribution in [0, 0.1) is 0 Å². The summed E-state index contributed by atoms with van der Waals surface area (Å²) in [5.74, 6) is 0.109. The molecule has 0 spiro atoms. The molecule has 0 aliphatic rings. The van der Waals surface area contributed by atoms with E-state index in [1.54, 1.807) is 0 Å². The number of fused-ring (bicyclic) bond motifs is 1. The maximum atomic E-state index is 10.9. The molecule has 0 saturated carbocycles. The predicted molar refractivity (Wildman–Crippen MR) is 78.7 cm³/mol. The first-order chi connectivity index (χ1) is 9.52. The Morgan fingerprint density at radius 1 is 1.35 bits per heavy atom. The topological polar surface area (TPSA) is 53.7 Å². The summed E-state index contributed by atoms with van der Waals surface area (Å²) in [6.07, 6.45) is 0.137. The zero-order chi connectivity index (χ0) is 14.7. The molecule has 108 valence electrons. The van der Waals surface area contributed by atoms with Crippen molar-refractivity contribution in [1.82, 2.24) is 4.90 Å². The first-order valence-electron chi connectivity index (χ1n) is 6.99. The first-order valence-corrected chi connectivity index (χ1v) is 6.99. The van der Waals surface area contributed by atoms with Gasteiger partial charge in [0.05, 0.1) is 12.5 Å². The molecule has 2 rings (SSSR count). The Labute approximate surface area is 119 Å². The normalized spacial score (nSPS) is 14.6. The van der Waals surface area contributed by atoms with E-state index < -0.39 is 5.97 Å². The lowest BCUT2D eigenvalue weighted by Gasteiger charge is -2.31. The molecule has 1 aromatic carbocycles. The fraction of sp³-hybridized carbons (Fsp3) is 0.438. The van der Waals surface area contributed by atoms with Gasteiger partial charge in [-0.2, -0.15) is 0 Å². The number of hydrogen-bond acceptors (Lipinski definition) is 3. The van der Waals surface area contributed by atoms with E-state index >= 15 is 0 Å². The number of carboxylic acid groups (broad SMARTS) is 1. The van der Waals surface area contributed by atoms with Crippen LogP contribution in [0.3, 0.4) is 0 Å². The number of rotatable bonds is 6. The van der Waals surface area contributed by atoms with Crippen LogP contribution in [0.25, 0.3) is 11.0 Å². The van der Waals surface area contributed by atoms with E-state index in [2.05, 4.69) is 11.8 Å². The third-order valence-corrected chi connectivity index (χ3v) is 3.76. The lowest BCUT2D eigenvalue weighted by atomic mass is 10.1. The third kappa shape index (κ3) is 3.02. The fourth-order valence-electron chi connectivity index (χ4n) is 2.71. The van der Waals surface area contributed by atoms with Crippen LogP contribution in [0.15, 0.2) is 34.7 Å². The SMILES string of the molecule is CCN(C(C)CC(=O)O)C(C)c1cc2ccccc2o1. The highest BCUT2D eigenvalue weighted by atomic mass is 16.4. The average Bonchev–Trinajstić information content (AvgIpc) is 2.82. The zero-order valence-electron chi connectivity index (χ0n) is 12.2. The summed E-state index contributed by atoms with van der Waals surface area (Å²) >= 11 is 0. The maximum Gasteiger partial charge on any atom is 0.304 e. The van der Waals surface area contributed by atoms with E-state index in [1.807, 2.05) is 44.2 Å². The minimum absolute atomic E-state index is 0.0271. The number of nitrogens with zero attached hydrogens (tertiary/aromatic N) is 1. The van der Waals surface area contributed by atoms with Crippen LogP contribution in [0.2, 0.25) is 0 Å². The number of benzene rings is 1. The Balaban J connectivity index is 2.23. The fourth-order valence-corrected chi connectivity index (χ4v) is 2.71. The summed E-state index contributed by atoms with van der Waals surface area (Å²) in [5, 5.41) is 10.0. The molecular weight excluding hydrogens is 254 g/mol. The van der Waals surface area contributed by atoms with Crippen LogP contribution in [-0.4, -0.2) is 28.6 Å². The molecule has 0 aliphatic heterocycles. The van der Waals surface area contributed by atoms with Crippen molar-refractivity contribution in [1.29, 1.82) is 0 Å². The van der Waals surface area contributed by atoms with Gasteiger partial charge in [0.2, 0.25) is 0 Å². The van der Waals surface area contributed by atoms with Crippen molar-refractivity contribution in [2.24, 2.45) is 0 Å². The smallest absolute Gasteiger partial charge is 0.304 e. The first kappa shape index (κ1) is 14.6. The number of carboxylic acids is 1. The number of para-hydroxylation sites is 1. The van der Waals surface area contributed by atoms with Crippen molar-refractivity contribution in [2.45, 2.75) is 39.3 Å². The molecule has 1 N–H and O–H groups in total. The quantitative estimate of drug-likeness (QED) is 0.873. The highest BCUT2D eigenvalue weighted by Gasteiger charge is 2.24. The maximum absolute atomic E-state index is 10.9. The molecule has 4 nitrogen and oxygen atoms in total. The number of furan rings is 1. The Hall–Kier alpha value is -1.81. The van der Waals surface area contributed by atoms with E-state index in [-0.39, 0.29) is 18.5 Å². The molecule has 2 aromatic rings. The molecule has 1 heterocycles. The van der Waals surface area contributed by atoms with Gasteiger partial charge in [-0.25, -0.2) is 0 Å². The van der Waals surface area contributed by atoms with Gasteiger partial charge < -0.3 is 9.52 Å². The van der Waals surface area contributed by atoms with E-state index in [0.29, 0.717) is 0 Å². The largest absolute Gasteiger partial charge is 0.481 e. The lowest BCUT2D eigenvalue weighted by molar-refractivity contribution is -0.138. The second kappa shape index (κ2) is 6.09. The summed E-state index contributed by atoms with van der Waals surface area (Å²) in [7, 11) is 0. The van der Waals surface area contributed by atoms with E-state index in [1.165, 1.54) is 0 Å². The third-order valence-electron chi connectivity index (χ3n) is 3.76. The second-order valence-corrected chi connectivity index (χ2v) is 5.14. The van der Waals surface area contributed by atoms with Crippen molar-refractivity contribution in [3.8, 4) is 0 Å². The molecule has 2 unspecified atom stereocenters. The highest BCUT2D eigenvalue weighted by molar-refractivity contribution is 5.77. The Morgan fingerprint density at radius 2 is 2.05 bits per heavy atom. The Kier molecular flexibility index (Phi) is 4.45. The van der Waals surface area contributed by atoms with Gasteiger partial charge in [-0.1, -0.05) is 25.1 Å². The van der Waals surface area contributed by atoms with E-state index in [4.69, 9.17) is 9.52 Å². The number of hydrogen-bond donors (Lipinski definition) is 1. The van der Waals surface area contributed by atoms with E-state index in [0.717, 1.165) is 23.3 Å². The van der Waals surface area contributed by atoms with Crippen molar-refractivity contribution < 1.29 is 14.3 Å². The van der Waals surface area contributed by atoms with Gasteiger partial charge in [-0.05, 0) is 32.5 Å². The molecule has 0 saturated heterocycles. The van der Waals surface area contributed by atoms with Gasteiger partial charge in [-0.15, -0.1) is 0 Å². The van der Waals surface area contributed by atoms with Crippen LogP contribution in [-0.2, 0) is 4.79 Å². The van der Waals surface area contributed by atoms with Crippen LogP contribution in [0.5, 0.6) is 0 Å². The number of carbonyl (C=O) groups is 1. The van der Waals surface area contributed by atoms with Gasteiger partial charge in [0.15, 0.2) is 0 Å². The summed E-state index contributed by atoms with van der Waals surface area (Å²) < 4.78 is 5.88. The van der Waals surface area contributed by atoms with Crippen molar-refractivity contribution in [3.63, 3.8) is 0 Å². The second-order valence-electron chi connectivity index (χ2n) is 5.14. The van der Waals surface area contributed by atoms with Crippen LogP contribution >= 0.6 is 0 Å². The van der Waals surface area contributed by atoms with Crippen molar-refractivity contribution >= 4 is 16.9 Å². The molecule has 1 aromatic heterocycles. The number of aliphatic carboxylic acids is 1. The highest BCUT2D eigenvalue weighted by Crippen LogP contribution is 2.28. The lowest BCUT2D eigenvalue weighted by Crippen LogP contribution is -2.36. The van der Waals surface area contributed by atoms with Crippen LogP contribution in [0.1, 0.15) is 39.0 Å². The zero-order valence-corrected chi connectivity index (χ0v) is 12.2. The van der Waals surface area contributed by atoms with Crippen molar-refractivity contribution in [3.05, 3.63) is 36.1 Å². The minimum atomic E-state index is -0.771.